The van der Waals surface area contributed by atoms with Crippen LogP contribution < -0.4 is 16.2 Å². The van der Waals surface area contributed by atoms with E-state index in [2.05, 4.69) is 20.5 Å². The van der Waals surface area contributed by atoms with Crippen molar-refractivity contribution in [3.63, 3.8) is 0 Å². The molecule has 17 heteroatoms. The van der Waals surface area contributed by atoms with Crippen molar-refractivity contribution in [2.24, 2.45) is 20.5 Å². The van der Waals surface area contributed by atoms with Gasteiger partial charge in [-0.25, -0.2) is 13.2 Å². The molecular formula is C24H26N6O9S2. The number of hydrogen-bond donors (Lipinski definition) is 4. The van der Waals surface area contributed by atoms with E-state index >= 15 is 0 Å². The molecule has 0 fully saturated rings. The van der Waals surface area contributed by atoms with Crippen molar-refractivity contribution in [3.05, 3.63) is 54.1 Å². The summed E-state index contributed by atoms with van der Waals surface area (Å²) in [5.41, 5.74) is 10.6. The van der Waals surface area contributed by atoms with Gasteiger partial charge in [0.1, 0.15) is 33.4 Å². The number of rotatable bonds is 11. The van der Waals surface area contributed by atoms with Crippen molar-refractivity contribution in [2.75, 3.05) is 37.5 Å². The van der Waals surface area contributed by atoms with Gasteiger partial charge in [0.05, 0.1) is 47.9 Å². The number of carbonyl (C=O) groups is 1. The lowest BCUT2D eigenvalue weighted by Gasteiger charge is -2.11. The van der Waals surface area contributed by atoms with Crippen molar-refractivity contribution in [1.29, 1.82) is 0 Å². The second kappa shape index (κ2) is 12.8. The summed E-state index contributed by atoms with van der Waals surface area (Å²) in [7, 11) is -7.47. The fourth-order valence-electron chi connectivity index (χ4n) is 3.40. The fourth-order valence-corrected chi connectivity index (χ4v) is 5.08. The molecule has 3 aromatic rings. The van der Waals surface area contributed by atoms with Gasteiger partial charge in [-0.15, -0.1) is 20.5 Å². The number of azo groups is 2. The number of nitrogens with two attached hydrogens (primary N) is 2. The maximum absolute atomic E-state index is 12.4. The van der Waals surface area contributed by atoms with E-state index in [0.717, 1.165) is 12.1 Å². The Morgan fingerprint density at radius 1 is 0.902 bits per heavy atom. The summed E-state index contributed by atoms with van der Waals surface area (Å²) in [6.45, 7) is 1.13. The average molecular weight is 607 g/mol. The number of nitrogen functional groups attached to an aromatic ring is 2. The number of ether oxygens (including phenoxy) is 2. The molecular weight excluding hydrogens is 580 g/mol. The Bertz CT molecular complexity index is 1740. The van der Waals surface area contributed by atoms with E-state index in [-0.39, 0.29) is 45.6 Å². The molecule has 0 aliphatic heterocycles. The first-order valence-electron chi connectivity index (χ1n) is 11.6. The van der Waals surface area contributed by atoms with Crippen LogP contribution in [0.1, 0.15) is 17.3 Å². The molecule has 0 unspecified atom stereocenters. The Kier molecular flexibility index (Phi) is 9.71. The molecule has 0 spiro atoms. The molecule has 0 bridgehead atoms. The molecule has 0 heterocycles. The highest BCUT2D eigenvalue weighted by molar-refractivity contribution is 7.91. The summed E-state index contributed by atoms with van der Waals surface area (Å²) in [4.78, 5) is 11.3. The largest absolute Gasteiger partial charge is 0.494 e. The highest BCUT2D eigenvalue weighted by Gasteiger charge is 2.23. The lowest BCUT2D eigenvalue weighted by molar-refractivity contribution is 0.0527. The van der Waals surface area contributed by atoms with Gasteiger partial charge >= 0.3 is 5.97 Å². The Balaban J connectivity index is 2.17. The lowest BCUT2D eigenvalue weighted by atomic mass is 10.2. The number of anilines is 2. The van der Waals surface area contributed by atoms with Crippen molar-refractivity contribution in [3.8, 4) is 5.75 Å². The number of carbonyl (C=O) groups excluding carboxylic acids is 1. The molecule has 0 saturated heterocycles. The second-order valence-corrected chi connectivity index (χ2v) is 11.6. The Labute approximate surface area is 235 Å². The van der Waals surface area contributed by atoms with E-state index < -0.39 is 54.6 Å². The van der Waals surface area contributed by atoms with E-state index in [4.69, 9.17) is 26.0 Å². The monoisotopic (exact) mass is 606 g/mol. The van der Waals surface area contributed by atoms with E-state index in [1.807, 2.05) is 0 Å². The van der Waals surface area contributed by atoms with Crippen LogP contribution in [0.3, 0.4) is 0 Å². The first-order chi connectivity index (χ1) is 19.3. The molecule has 3 rings (SSSR count). The van der Waals surface area contributed by atoms with E-state index in [0.29, 0.717) is 0 Å². The van der Waals surface area contributed by atoms with Crippen LogP contribution in [0.2, 0.25) is 0 Å². The minimum atomic E-state index is -4.92. The number of aliphatic hydroxyl groups is 1. The Morgan fingerprint density at radius 2 is 1.56 bits per heavy atom. The SMILES string of the molecule is CCOC(=O)c1ccccc1/N=N/c1c(N)c(/N=N/c2cc(S(=O)(=O)CCO)ccc2OC)cc(S(=O)(=O)O)c1N. The molecule has 0 atom stereocenters. The normalized spacial score (nSPS) is 12.2. The van der Waals surface area contributed by atoms with Crippen LogP contribution in [0, 0.1) is 0 Å². The second-order valence-electron chi connectivity index (χ2n) is 8.06. The van der Waals surface area contributed by atoms with Crippen molar-refractivity contribution < 1.29 is 40.8 Å². The number of methoxy groups -OCH3 is 1. The minimum Gasteiger partial charge on any atom is -0.494 e. The fraction of sp³-hybridized carbons (Fsp3) is 0.208. The van der Waals surface area contributed by atoms with Gasteiger partial charge in [0.25, 0.3) is 10.1 Å². The van der Waals surface area contributed by atoms with Gasteiger partial charge in [0, 0.05) is 0 Å². The lowest BCUT2D eigenvalue weighted by Crippen LogP contribution is -2.09. The summed E-state index contributed by atoms with van der Waals surface area (Å²) in [5, 5.41) is 24.8. The van der Waals surface area contributed by atoms with E-state index in [9.17, 15) is 26.2 Å². The topological polar surface area (TPSA) is 246 Å². The van der Waals surface area contributed by atoms with Gasteiger partial charge in [-0.1, -0.05) is 12.1 Å². The van der Waals surface area contributed by atoms with Gasteiger partial charge in [-0.3, -0.25) is 4.55 Å². The van der Waals surface area contributed by atoms with Gasteiger partial charge in [-0.05, 0) is 43.3 Å². The zero-order chi connectivity index (χ0) is 30.4. The average Bonchev–Trinajstić information content (AvgIpc) is 2.92. The van der Waals surface area contributed by atoms with Crippen LogP contribution in [0.15, 0.2) is 78.8 Å². The van der Waals surface area contributed by atoms with Crippen LogP contribution in [-0.4, -0.2) is 58.5 Å². The van der Waals surface area contributed by atoms with Gasteiger partial charge < -0.3 is 26.0 Å². The quantitative estimate of drug-likeness (QED) is 0.105. The van der Waals surface area contributed by atoms with E-state index in [1.54, 1.807) is 19.1 Å². The molecule has 218 valence electrons. The summed E-state index contributed by atoms with van der Waals surface area (Å²) in [6.07, 6.45) is 0. The standard InChI is InChI=1S/C24H26N6O9S2/c1-3-39-24(32)15-6-4-5-7-16(15)27-30-23-21(25)18(13-20(22(23)26)41(35,36)37)29-28-17-12-14(8-9-19(17)38-2)40(33,34)11-10-31/h4-9,12-13,31H,3,10-11,25-26H2,1-2H3,(H,35,36,37)/b29-28+,30-27+. The van der Waals surface area contributed by atoms with Crippen molar-refractivity contribution in [2.45, 2.75) is 16.7 Å². The molecule has 3 aromatic carbocycles. The molecule has 0 radical (unpaired) electrons. The Morgan fingerprint density at radius 3 is 2.20 bits per heavy atom. The number of nitrogens with zero attached hydrogens (tertiary/aromatic N) is 4. The predicted molar refractivity (Wildman–Crippen MR) is 148 cm³/mol. The number of sulfone groups is 1. The first kappa shape index (κ1) is 31.1. The van der Waals surface area contributed by atoms with Gasteiger partial charge in [0.2, 0.25) is 0 Å². The molecule has 0 aliphatic rings. The maximum atomic E-state index is 12.4. The van der Waals surface area contributed by atoms with Crippen LogP contribution in [0.5, 0.6) is 5.75 Å². The van der Waals surface area contributed by atoms with Gasteiger partial charge in [0.15, 0.2) is 9.84 Å². The molecule has 15 nitrogen and oxygen atoms in total. The van der Waals surface area contributed by atoms with Crippen LogP contribution in [-0.2, 0) is 24.7 Å². The summed E-state index contributed by atoms with van der Waals surface area (Å²) in [6, 6.07) is 10.6. The van der Waals surface area contributed by atoms with E-state index in [1.165, 1.54) is 31.4 Å². The molecule has 0 saturated carbocycles. The summed E-state index contributed by atoms with van der Waals surface area (Å²) >= 11 is 0. The minimum absolute atomic E-state index is 0.0517. The van der Waals surface area contributed by atoms with Crippen LogP contribution >= 0.6 is 0 Å². The third kappa shape index (κ3) is 7.20. The first-order valence-corrected chi connectivity index (χ1v) is 14.7. The van der Waals surface area contributed by atoms with Gasteiger partial charge in [-0.2, -0.15) is 8.42 Å². The number of benzene rings is 3. The molecule has 0 amide bonds. The third-order valence-corrected chi connectivity index (χ3v) is 7.98. The maximum Gasteiger partial charge on any atom is 0.340 e. The molecule has 0 aliphatic carbocycles. The third-order valence-electron chi connectivity index (χ3n) is 5.39. The van der Waals surface area contributed by atoms with Crippen LogP contribution in [0.25, 0.3) is 0 Å². The zero-order valence-corrected chi connectivity index (χ0v) is 23.4. The molecule has 41 heavy (non-hydrogen) atoms. The molecule has 0 aromatic heterocycles. The highest BCUT2D eigenvalue weighted by atomic mass is 32.2. The number of hydrogen-bond acceptors (Lipinski definition) is 14. The van der Waals surface area contributed by atoms with Crippen molar-refractivity contribution >= 4 is 60.0 Å². The molecule has 6 N–H and O–H groups in total. The highest BCUT2D eigenvalue weighted by Crippen LogP contribution is 2.43. The number of esters is 1. The smallest absolute Gasteiger partial charge is 0.340 e. The zero-order valence-electron chi connectivity index (χ0n) is 21.8. The summed E-state index contributed by atoms with van der Waals surface area (Å²) < 4.78 is 68.9. The number of aliphatic hydroxyl groups excluding tert-OH is 1. The van der Waals surface area contributed by atoms with Crippen molar-refractivity contribution in [1.82, 2.24) is 0 Å². The summed E-state index contributed by atoms with van der Waals surface area (Å²) in [5.74, 6) is -1.11. The van der Waals surface area contributed by atoms with Crippen LogP contribution in [0.4, 0.5) is 34.1 Å². The Hall–Kier alpha value is -4.45. The predicted octanol–water partition coefficient (Wildman–Crippen LogP) is 3.88.